The van der Waals surface area contributed by atoms with Crippen LogP contribution in [0.2, 0.25) is 0 Å². The van der Waals surface area contributed by atoms with Crippen molar-refractivity contribution in [2.75, 3.05) is 13.1 Å². The van der Waals surface area contributed by atoms with Crippen molar-refractivity contribution in [1.82, 2.24) is 15.1 Å². The van der Waals surface area contributed by atoms with Gasteiger partial charge in [0.05, 0.1) is 25.0 Å². The summed E-state index contributed by atoms with van der Waals surface area (Å²) in [6.45, 7) is 3.60. The average molecular weight is 421 g/mol. The number of guanidine groups is 1. The molecule has 0 aliphatic carbocycles. The van der Waals surface area contributed by atoms with Gasteiger partial charge >= 0.3 is 6.18 Å². The van der Waals surface area contributed by atoms with E-state index in [1.165, 1.54) is 0 Å². The minimum Gasteiger partial charge on any atom is -0.329 e. The van der Waals surface area contributed by atoms with Crippen molar-refractivity contribution in [2.24, 2.45) is 9.98 Å². The lowest BCUT2D eigenvalue weighted by Gasteiger charge is -2.39. The van der Waals surface area contributed by atoms with Crippen LogP contribution in [0.15, 0.2) is 34.4 Å². The van der Waals surface area contributed by atoms with Crippen LogP contribution in [0, 0.1) is 0 Å². The molecule has 30 heavy (non-hydrogen) atoms. The predicted molar refractivity (Wildman–Crippen MR) is 107 cm³/mol. The number of hydrogen-bond acceptors (Lipinski definition) is 4. The lowest BCUT2D eigenvalue weighted by atomic mass is 9.85. The van der Waals surface area contributed by atoms with E-state index >= 15 is 0 Å². The predicted octanol–water partition coefficient (Wildman–Crippen LogP) is 4.19. The van der Waals surface area contributed by atoms with Crippen molar-refractivity contribution in [2.45, 2.75) is 51.0 Å². The number of rotatable bonds is 3. The Bertz CT molecular complexity index is 971. The van der Waals surface area contributed by atoms with Crippen LogP contribution < -0.4 is 0 Å². The molecule has 1 N–H and O–H groups in total. The molecule has 0 spiro atoms. The summed E-state index contributed by atoms with van der Waals surface area (Å²) in [6.07, 6.45) is -0.717. The number of alkyl halides is 4. The molecule has 0 bridgehead atoms. The number of aryl methyl sites for hydroxylation is 2. The molecule has 0 saturated carbocycles. The minimum absolute atomic E-state index is 0.123. The van der Waals surface area contributed by atoms with Gasteiger partial charge in [0.2, 0.25) is 5.96 Å². The lowest BCUT2D eigenvalue weighted by Crippen LogP contribution is -2.49. The Balaban J connectivity index is 1.80. The van der Waals surface area contributed by atoms with Crippen molar-refractivity contribution in [3.63, 3.8) is 0 Å². The topological polar surface area (TPSA) is 56.6 Å². The molecule has 2 aliphatic rings. The molecule has 0 amide bonds. The molecule has 1 aromatic heterocycles. The molecular weight excluding hydrogens is 398 g/mol. The normalized spacial score (nSPS) is 24.0. The molecule has 9 heteroatoms. The van der Waals surface area contributed by atoms with Crippen molar-refractivity contribution < 1.29 is 17.6 Å². The van der Waals surface area contributed by atoms with Crippen LogP contribution in [0.25, 0.3) is 0 Å². The monoisotopic (exact) mass is 421 g/mol. The number of aromatic nitrogens is 2. The van der Waals surface area contributed by atoms with Gasteiger partial charge in [-0.1, -0.05) is 32.0 Å². The first kappa shape index (κ1) is 20.6. The van der Waals surface area contributed by atoms with Gasteiger partial charge in [-0.15, -0.1) is 0 Å². The lowest BCUT2D eigenvalue weighted by molar-refractivity contribution is -0.198. The second kappa shape index (κ2) is 7.52. The smallest absolute Gasteiger partial charge is 0.329 e. The Hall–Kier alpha value is -2.71. The van der Waals surface area contributed by atoms with Gasteiger partial charge in [0.25, 0.3) is 5.67 Å². The molecule has 160 valence electrons. The fraction of sp³-hybridized carbons (Fsp3) is 0.476. The van der Waals surface area contributed by atoms with Gasteiger partial charge in [0, 0.05) is 24.2 Å². The van der Waals surface area contributed by atoms with Crippen LogP contribution in [0.5, 0.6) is 0 Å². The summed E-state index contributed by atoms with van der Waals surface area (Å²) in [5, 5.41) is 7.21. The van der Waals surface area contributed by atoms with Gasteiger partial charge in [-0.05, 0) is 29.5 Å². The minimum atomic E-state index is -5.05. The van der Waals surface area contributed by atoms with Crippen LogP contribution in [0.4, 0.5) is 17.6 Å². The molecule has 0 radical (unpaired) electrons. The number of aromatic amines is 1. The SMILES string of the molecule is CCc1cccc(CC)c1C1c2cn[nH]c2CCN1C1=NCC(F)(C(F)(F)F)C=N1. The first-order valence-electron chi connectivity index (χ1n) is 10.0. The van der Waals surface area contributed by atoms with Gasteiger partial charge in [0.1, 0.15) is 0 Å². The number of benzene rings is 1. The Morgan fingerprint density at radius 1 is 1.20 bits per heavy atom. The van der Waals surface area contributed by atoms with Crippen LogP contribution >= 0.6 is 0 Å². The number of H-pyrrole nitrogens is 1. The number of nitrogens with zero attached hydrogens (tertiary/aromatic N) is 4. The standard InChI is InChI=1S/C21H23F4N5/c1-3-13-6-5-7-14(4-2)17(13)18-15-10-28-29-16(15)8-9-30(18)19-26-11-20(22,12-27-19)21(23,24)25/h5-7,10-11,18H,3-4,8-9,12H2,1-2H3,(H,28,29). The van der Waals surface area contributed by atoms with Gasteiger partial charge in [0.15, 0.2) is 0 Å². The maximum Gasteiger partial charge on any atom is 0.429 e. The van der Waals surface area contributed by atoms with Gasteiger partial charge < -0.3 is 4.90 Å². The summed E-state index contributed by atoms with van der Waals surface area (Å²) in [4.78, 5) is 9.65. The molecule has 1 aromatic carbocycles. The van der Waals surface area contributed by atoms with Crippen molar-refractivity contribution in [1.29, 1.82) is 0 Å². The number of hydrogen-bond donors (Lipinski definition) is 1. The number of aliphatic imine (C=N–C) groups is 2. The fourth-order valence-corrected chi connectivity index (χ4v) is 4.20. The number of nitrogens with one attached hydrogen (secondary N) is 1. The summed E-state index contributed by atoms with van der Waals surface area (Å²) in [7, 11) is 0. The Morgan fingerprint density at radius 3 is 2.47 bits per heavy atom. The molecular formula is C21H23F4N5. The van der Waals surface area contributed by atoms with E-state index in [0.29, 0.717) is 19.2 Å². The highest BCUT2D eigenvalue weighted by Crippen LogP contribution is 2.40. The van der Waals surface area contributed by atoms with E-state index in [1.807, 2.05) is 11.0 Å². The molecule has 0 fully saturated rings. The van der Waals surface area contributed by atoms with Gasteiger partial charge in [-0.25, -0.2) is 14.4 Å². The third-order valence-corrected chi connectivity index (χ3v) is 5.85. The summed E-state index contributed by atoms with van der Waals surface area (Å²) in [6, 6.07) is 5.83. The first-order chi connectivity index (χ1) is 14.3. The maximum absolute atomic E-state index is 14.3. The highest BCUT2D eigenvalue weighted by Gasteiger charge is 2.56. The summed E-state index contributed by atoms with van der Waals surface area (Å²) < 4.78 is 53.3. The molecule has 2 atom stereocenters. The van der Waals surface area contributed by atoms with E-state index in [4.69, 9.17) is 0 Å². The zero-order valence-corrected chi connectivity index (χ0v) is 16.8. The van der Waals surface area contributed by atoms with Crippen LogP contribution in [-0.2, 0) is 19.3 Å². The Kier molecular flexibility index (Phi) is 5.15. The third kappa shape index (κ3) is 3.30. The number of halogens is 4. The van der Waals surface area contributed by atoms with Crippen molar-refractivity contribution >= 4 is 12.2 Å². The summed E-state index contributed by atoms with van der Waals surface area (Å²) >= 11 is 0. The van der Waals surface area contributed by atoms with Crippen LogP contribution in [-0.4, -0.2) is 52.2 Å². The number of fused-ring (bicyclic) bond motifs is 1. The molecule has 2 aromatic rings. The maximum atomic E-state index is 14.3. The molecule has 2 unspecified atom stereocenters. The Morgan fingerprint density at radius 2 is 1.90 bits per heavy atom. The second-order valence-corrected chi connectivity index (χ2v) is 7.58. The largest absolute Gasteiger partial charge is 0.429 e. The summed E-state index contributed by atoms with van der Waals surface area (Å²) in [5.41, 5.74) is 1.79. The quantitative estimate of drug-likeness (QED) is 0.756. The third-order valence-electron chi connectivity index (χ3n) is 5.85. The van der Waals surface area contributed by atoms with E-state index in [9.17, 15) is 17.6 Å². The first-order valence-corrected chi connectivity index (χ1v) is 10.0. The van der Waals surface area contributed by atoms with E-state index in [0.717, 1.165) is 40.8 Å². The molecule has 5 nitrogen and oxygen atoms in total. The van der Waals surface area contributed by atoms with E-state index in [-0.39, 0.29) is 12.0 Å². The molecule has 2 aliphatic heterocycles. The molecule has 0 saturated heterocycles. The van der Waals surface area contributed by atoms with E-state index in [1.54, 1.807) is 6.20 Å². The van der Waals surface area contributed by atoms with Crippen molar-refractivity contribution in [3.05, 3.63) is 52.3 Å². The zero-order valence-electron chi connectivity index (χ0n) is 16.8. The van der Waals surface area contributed by atoms with Gasteiger partial charge in [-0.2, -0.15) is 18.3 Å². The van der Waals surface area contributed by atoms with Crippen LogP contribution in [0.1, 0.15) is 47.8 Å². The molecule has 3 heterocycles. The second-order valence-electron chi connectivity index (χ2n) is 7.58. The highest BCUT2D eigenvalue weighted by atomic mass is 19.4. The highest BCUT2D eigenvalue weighted by molar-refractivity contribution is 5.93. The summed E-state index contributed by atoms with van der Waals surface area (Å²) in [5.74, 6) is 0.123. The van der Waals surface area contributed by atoms with E-state index < -0.39 is 18.4 Å². The molecule has 4 rings (SSSR count). The van der Waals surface area contributed by atoms with Crippen LogP contribution in [0.3, 0.4) is 0 Å². The average Bonchev–Trinajstić information content (AvgIpc) is 3.21. The van der Waals surface area contributed by atoms with Crippen molar-refractivity contribution in [3.8, 4) is 0 Å². The Labute approximate surface area is 171 Å². The van der Waals surface area contributed by atoms with E-state index in [2.05, 4.69) is 46.2 Å². The van der Waals surface area contributed by atoms with Gasteiger partial charge in [-0.3, -0.25) is 5.10 Å². The zero-order chi connectivity index (χ0) is 21.5. The fourth-order valence-electron chi connectivity index (χ4n) is 4.20.